The number of primary amides is 1. The van der Waals surface area contributed by atoms with Crippen molar-refractivity contribution in [3.63, 3.8) is 0 Å². The number of amides is 2. The lowest BCUT2D eigenvalue weighted by Gasteiger charge is -2.28. The summed E-state index contributed by atoms with van der Waals surface area (Å²) in [7, 11) is 0. The molecule has 0 aromatic carbocycles. The van der Waals surface area contributed by atoms with Gasteiger partial charge < -0.3 is 16.8 Å². The second-order valence-corrected chi connectivity index (χ2v) is 5.23. The van der Waals surface area contributed by atoms with E-state index in [0.717, 1.165) is 25.7 Å². The SMILES string of the molecule is CC(C)[C@@H](N)C(=O)NC1CCC(C(N)=O)CC1.Cl. The normalized spacial score (nSPS) is 25.1. The summed E-state index contributed by atoms with van der Waals surface area (Å²) in [5, 5.41) is 2.94. The zero-order valence-corrected chi connectivity index (χ0v) is 11.8. The largest absolute Gasteiger partial charge is 0.369 e. The van der Waals surface area contributed by atoms with Crippen molar-refractivity contribution >= 4 is 24.2 Å². The molecule has 0 heterocycles. The third kappa shape index (κ3) is 4.82. The summed E-state index contributed by atoms with van der Waals surface area (Å²) in [6.07, 6.45) is 3.14. The molecule has 1 rings (SSSR count). The van der Waals surface area contributed by atoms with Crippen LogP contribution in [-0.4, -0.2) is 23.9 Å². The third-order valence-electron chi connectivity index (χ3n) is 3.50. The topological polar surface area (TPSA) is 98.2 Å². The van der Waals surface area contributed by atoms with Crippen LogP contribution in [0.5, 0.6) is 0 Å². The van der Waals surface area contributed by atoms with Crippen LogP contribution in [0.4, 0.5) is 0 Å². The third-order valence-corrected chi connectivity index (χ3v) is 3.50. The molecule has 0 spiro atoms. The van der Waals surface area contributed by atoms with Crippen molar-refractivity contribution in [3.05, 3.63) is 0 Å². The number of nitrogens with one attached hydrogen (secondary N) is 1. The minimum Gasteiger partial charge on any atom is -0.369 e. The fourth-order valence-corrected chi connectivity index (χ4v) is 2.12. The number of rotatable bonds is 4. The van der Waals surface area contributed by atoms with Gasteiger partial charge in [-0.1, -0.05) is 13.8 Å². The minimum absolute atomic E-state index is 0. The summed E-state index contributed by atoms with van der Waals surface area (Å²) < 4.78 is 0. The van der Waals surface area contributed by atoms with Gasteiger partial charge in [-0.3, -0.25) is 9.59 Å². The first-order chi connectivity index (χ1) is 7.91. The van der Waals surface area contributed by atoms with Gasteiger partial charge in [0.25, 0.3) is 0 Å². The van der Waals surface area contributed by atoms with Crippen molar-refractivity contribution in [1.29, 1.82) is 0 Å². The van der Waals surface area contributed by atoms with E-state index in [-0.39, 0.29) is 42.1 Å². The van der Waals surface area contributed by atoms with Gasteiger partial charge in [-0.15, -0.1) is 12.4 Å². The van der Waals surface area contributed by atoms with Gasteiger partial charge in [0.05, 0.1) is 6.04 Å². The Labute approximate surface area is 114 Å². The summed E-state index contributed by atoms with van der Waals surface area (Å²) in [6, 6.07) is -0.313. The number of hydrogen-bond donors (Lipinski definition) is 3. The molecule has 0 aromatic rings. The molecule has 1 atom stereocenters. The van der Waals surface area contributed by atoms with E-state index in [4.69, 9.17) is 11.5 Å². The maximum absolute atomic E-state index is 11.7. The van der Waals surface area contributed by atoms with Crippen LogP contribution in [0.1, 0.15) is 39.5 Å². The number of nitrogens with two attached hydrogens (primary N) is 2. The van der Waals surface area contributed by atoms with E-state index in [2.05, 4.69) is 5.32 Å². The first-order valence-electron chi connectivity index (χ1n) is 6.27. The number of hydrogen-bond acceptors (Lipinski definition) is 3. The predicted molar refractivity (Wildman–Crippen MR) is 73.1 cm³/mol. The van der Waals surface area contributed by atoms with Gasteiger partial charge in [-0.2, -0.15) is 0 Å². The van der Waals surface area contributed by atoms with Crippen LogP contribution >= 0.6 is 12.4 Å². The lowest BCUT2D eigenvalue weighted by Crippen LogP contribution is -2.49. The zero-order chi connectivity index (χ0) is 13.0. The molecule has 0 radical (unpaired) electrons. The standard InChI is InChI=1S/C12H23N3O2.ClH/c1-7(2)10(13)12(17)15-9-5-3-8(4-6-9)11(14)16;/h7-10H,3-6,13H2,1-2H3,(H2,14,16)(H,15,17);1H/t8?,9?,10-;/m1./s1. The Balaban J connectivity index is 0.00000289. The van der Waals surface area contributed by atoms with Gasteiger partial charge in [0, 0.05) is 12.0 Å². The summed E-state index contributed by atoms with van der Waals surface area (Å²) in [4.78, 5) is 22.7. The number of halogens is 1. The molecule has 0 unspecified atom stereocenters. The smallest absolute Gasteiger partial charge is 0.237 e. The lowest BCUT2D eigenvalue weighted by atomic mass is 9.85. The maximum Gasteiger partial charge on any atom is 0.237 e. The highest BCUT2D eigenvalue weighted by atomic mass is 35.5. The molecule has 18 heavy (non-hydrogen) atoms. The van der Waals surface area contributed by atoms with Crippen molar-refractivity contribution in [3.8, 4) is 0 Å². The molecular weight excluding hydrogens is 254 g/mol. The molecule has 106 valence electrons. The Kier molecular flexibility index (Phi) is 7.25. The van der Waals surface area contributed by atoms with Crippen LogP contribution in [0, 0.1) is 11.8 Å². The van der Waals surface area contributed by atoms with Gasteiger partial charge in [0.1, 0.15) is 0 Å². The van der Waals surface area contributed by atoms with Gasteiger partial charge >= 0.3 is 0 Å². The van der Waals surface area contributed by atoms with Crippen LogP contribution in [0.25, 0.3) is 0 Å². The highest BCUT2D eigenvalue weighted by Crippen LogP contribution is 2.23. The molecule has 0 bridgehead atoms. The summed E-state index contributed by atoms with van der Waals surface area (Å²) >= 11 is 0. The molecule has 5 N–H and O–H groups in total. The lowest BCUT2D eigenvalue weighted by molar-refractivity contribution is -0.124. The van der Waals surface area contributed by atoms with Gasteiger partial charge in [-0.05, 0) is 31.6 Å². The average molecular weight is 278 g/mol. The number of carbonyl (C=O) groups excluding carboxylic acids is 2. The van der Waals surface area contributed by atoms with E-state index in [1.54, 1.807) is 0 Å². The van der Waals surface area contributed by atoms with Crippen LogP contribution in [0.2, 0.25) is 0 Å². The fraction of sp³-hybridized carbons (Fsp3) is 0.833. The summed E-state index contributed by atoms with van der Waals surface area (Å²) in [6.45, 7) is 3.85. The fourth-order valence-electron chi connectivity index (χ4n) is 2.12. The summed E-state index contributed by atoms with van der Waals surface area (Å²) in [5.74, 6) is -0.213. The molecule has 1 saturated carbocycles. The Bertz CT molecular complexity index is 289. The number of carbonyl (C=O) groups is 2. The van der Waals surface area contributed by atoms with Crippen molar-refractivity contribution in [1.82, 2.24) is 5.32 Å². The quantitative estimate of drug-likeness (QED) is 0.700. The van der Waals surface area contributed by atoms with E-state index >= 15 is 0 Å². The molecular formula is C12H24ClN3O2. The van der Waals surface area contributed by atoms with E-state index in [9.17, 15) is 9.59 Å². The monoisotopic (exact) mass is 277 g/mol. The van der Waals surface area contributed by atoms with Crippen molar-refractivity contribution < 1.29 is 9.59 Å². The molecule has 2 amide bonds. The van der Waals surface area contributed by atoms with Crippen molar-refractivity contribution in [2.24, 2.45) is 23.3 Å². The second kappa shape index (κ2) is 7.59. The highest BCUT2D eigenvalue weighted by molar-refractivity contribution is 5.85. The maximum atomic E-state index is 11.7. The van der Waals surface area contributed by atoms with Crippen molar-refractivity contribution in [2.45, 2.75) is 51.6 Å². The van der Waals surface area contributed by atoms with Crippen LogP contribution in [0.3, 0.4) is 0 Å². The van der Waals surface area contributed by atoms with E-state index in [1.165, 1.54) is 0 Å². The molecule has 1 fully saturated rings. The molecule has 5 nitrogen and oxygen atoms in total. The first kappa shape index (κ1) is 17.2. The van der Waals surface area contributed by atoms with E-state index < -0.39 is 6.04 Å². The van der Waals surface area contributed by atoms with Crippen LogP contribution in [-0.2, 0) is 9.59 Å². The Morgan fingerprint density at radius 1 is 1.17 bits per heavy atom. The molecule has 1 aliphatic rings. The molecule has 0 aliphatic heterocycles. The Morgan fingerprint density at radius 2 is 1.67 bits per heavy atom. The van der Waals surface area contributed by atoms with Gasteiger partial charge in [0.15, 0.2) is 0 Å². The average Bonchev–Trinajstić information content (AvgIpc) is 2.28. The van der Waals surface area contributed by atoms with Crippen molar-refractivity contribution in [2.75, 3.05) is 0 Å². The van der Waals surface area contributed by atoms with E-state index in [1.807, 2.05) is 13.8 Å². The highest BCUT2D eigenvalue weighted by Gasteiger charge is 2.27. The second-order valence-electron chi connectivity index (χ2n) is 5.23. The Morgan fingerprint density at radius 3 is 2.06 bits per heavy atom. The van der Waals surface area contributed by atoms with Gasteiger partial charge in [-0.25, -0.2) is 0 Å². The Hall–Kier alpha value is -0.810. The molecule has 1 aliphatic carbocycles. The molecule has 0 aromatic heterocycles. The zero-order valence-electron chi connectivity index (χ0n) is 11.0. The summed E-state index contributed by atoms with van der Waals surface area (Å²) in [5.41, 5.74) is 11.0. The minimum atomic E-state index is -0.455. The van der Waals surface area contributed by atoms with Gasteiger partial charge in [0.2, 0.25) is 11.8 Å². The van der Waals surface area contributed by atoms with E-state index in [0.29, 0.717) is 0 Å². The van der Waals surface area contributed by atoms with Crippen LogP contribution in [0.15, 0.2) is 0 Å². The first-order valence-corrected chi connectivity index (χ1v) is 6.27. The molecule has 0 saturated heterocycles. The molecule has 6 heteroatoms. The van der Waals surface area contributed by atoms with Crippen LogP contribution < -0.4 is 16.8 Å². The predicted octanol–water partition coefficient (Wildman–Crippen LogP) is 0.552.